The normalized spacial score (nSPS) is 24.6. The Kier molecular flexibility index (Phi) is 5.58. The maximum Gasteiger partial charge on any atom is 0.138 e. The van der Waals surface area contributed by atoms with E-state index in [2.05, 4.69) is 73.3 Å². The Bertz CT molecular complexity index is 1280. The van der Waals surface area contributed by atoms with E-state index in [0.29, 0.717) is 12.0 Å². The van der Waals surface area contributed by atoms with Crippen LogP contribution in [0.1, 0.15) is 35.3 Å². The first kappa shape index (κ1) is 21.4. The molecule has 2 aliphatic rings. The summed E-state index contributed by atoms with van der Waals surface area (Å²) in [7, 11) is 4.18. The van der Waals surface area contributed by atoms with E-state index < -0.39 is 0 Å². The van der Waals surface area contributed by atoms with Crippen LogP contribution < -0.4 is 16.2 Å². The fourth-order valence-electron chi connectivity index (χ4n) is 5.48. The van der Waals surface area contributed by atoms with Crippen molar-refractivity contribution in [3.05, 3.63) is 78.1 Å². The van der Waals surface area contributed by atoms with E-state index in [1.807, 2.05) is 43.1 Å². The van der Waals surface area contributed by atoms with Crippen molar-refractivity contribution in [2.24, 2.45) is 5.92 Å². The minimum absolute atomic E-state index is 0.187. The van der Waals surface area contributed by atoms with Crippen molar-refractivity contribution in [1.29, 1.82) is 0 Å². The fourth-order valence-corrected chi connectivity index (χ4v) is 5.48. The zero-order chi connectivity index (χ0) is 23.1. The minimum Gasteiger partial charge on any atom is -0.342 e. The predicted octanol–water partition coefficient (Wildman–Crippen LogP) is 2.95. The number of H-pyrrole nitrogens is 1. The van der Waals surface area contributed by atoms with Gasteiger partial charge in [0.15, 0.2) is 0 Å². The maximum absolute atomic E-state index is 4.62. The molecule has 2 saturated heterocycles. The monoisotopic (exact) mass is 454 g/mol. The quantitative estimate of drug-likeness (QED) is 0.368. The Hall–Kier alpha value is -3.17. The van der Waals surface area contributed by atoms with Gasteiger partial charge in [-0.1, -0.05) is 0 Å². The summed E-state index contributed by atoms with van der Waals surface area (Å²) in [6, 6.07) is 11.6. The number of hydrazine groups is 1. The van der Waals surface area contributed by atoms with Crippen molar-refractivity contribution in [3.63, 3.8) is 0 Å². The van der Waals surface area contributed by atoms with Gasteiger partial charge in [0.05, 0.1) is 6.04 Å². The number of pyridine rings is 3. The molecule has 4 aromatic heterocycles. The lowest BCUT2D eigenvalue weighted by atomic mass is 9.81. The van der Waals surface area contributed by atoms with Crippen LogP contribution in [0.3, 0.4) is 0 Å². The van der Waals surface area contributed by atoms with Crippen molar-refractivity contribution >= 4 is 11.0 Å². The summed E-state index contributed by atoms with van der Waals surface area (Å²) in [6.07, 6.45) is 10.5. The summed E-state index contributed by atoms with van der Waals surface area (Å²) in [4.78, 5) is 19.1. The molecule has 4 atom stereocenters. The Morgan fingerprint density at radius 2 is 1.88 bits per heavy atom. The Labute approximate surface area is 199 Å². The van der Waals surface area contributed by atoms with E-state index >= 15 is 0 Å². The van der Waals surface area contributed by atoms with Crippen LogP contribution in [-0.4, -0.2) is 51.5 Å². The second-order valence-corrected chi connectivity index (χ2v) is 9.68. The molecule has 0 aliphatic carbocycles. The number of nitrogens with zero attached hydrogens (tertiary/aromatic N) is 4. The van der Waals surface area contributed by atoms with Crippen molar-refractivity contribution in [1.82, 2.24) is 41.0 Å². The molecule has 0 aromatic carbocycles. The molecule has 0 spiro atoms. The number of piperidine rings is 1. The molecule has 2 fully saturated rings. The zero-order valence-electron chi connectivity index (χ0n) is 19.5. The van der Waals surface area contributed by atoms with Crippen molar-refractivity contribution in [2.75, 3.05) is 20.6 Å². The number of hydrogen-bond donors (Lipinski definition) is 4. The summed E-state index contributed by atoms with van der Waals surface area (Å²) < 4.78 is 0. The van der Waals surface area contributed by atoms with Gasteiger partial charge in [-0.15, -0.1) is 0 Å². The molecule has 2 aliphatic heterocycles. The molecule has 6 rings (SSSR count). The number of nitrogens with one attached hydrogen (secondary N) is 4. The number of rotatable bonds is 5. The summed E-state index contributed by atoms with van der Waals surface area (Å²) in [5, 5.41) is 4.87. The molecule has 34 heavy (non-hydrogen) atoms. The highest BCUT2D eigenvalue weighted by Crippen LogP contribution is 2.39. The number of aromatic nitrogens is 4. The van der Waals surface area contributed by atoms with Gasteiger partial charge in [0.2, 0.25) is 0 Å². The van der Waals surface area contributed by atoms with Gasteiger partial charge in [0, 0.05) is 73.2 Å². The van der Waals surface area contributed by atoms with Crippen LogP contribution in [0.15, 0.2) is 61.3 Å². The lowest BCUT2D eigenvalue weighted by Crippen LogP contribution is -2.46. The van der Waals surface area contributed by atoms with Gasteiger partial charge < -0.3 is 15.2 Å². The largest absolute Gasteiger partial charge is 0.342 e. The third-order valence-corrected chi connectivity index (χ3v) is 7.06. The van der Waals surface area contributed by atoms with Crippen LogP contribution in [0.25, 0.3) is 22.2 Å². The number of hydrogen-bond acceptors (Lipinski definition) is 7. The van der Waals surface area contributed by atoms with Crippen LogP contribution in [-0.2, 0) is 6.54 Å². The van der Waals surface area contributed by atoms with Crippen LogP contribution in [0.2, 0.25) is 0 Å². The molecule has 174 valence electrons. The maximum atomic E-state index is 4.62. The van der Waals surface area contributed by atoms with Crippen molar-refractivity contribution in [2.45, 2.75) is 31.1 Å². The van der Waals surface area contributed by atoms with Gasteiger partial charge in [-0.3, -0.25) is 15.4 Å². The van der Waals surface area contributed by atoms with Gasteiger partial charge in [0.1, 0.15) is 5.65 Å². The Balaban J connectivity index is 1.28. The highest BCUT2D eigenvalue weighted by Gasteiger charge is 2.42. The van der Waals surface area contributed by atoms with Gasteiger partial charge >= 0.3 is 0 Å². The molecule has 6 heterocycles. The molecule has 0 radical (unpaired) electrons. The molecule has 4 N–H and O–H groups in total. The lowest BCUT2D eigenvalue weighted by molar-refractivity contribution is 0.265. The highest BCUT2D eigenvalue weighted by molar-refractivity contribution is 5.93. The first-order valence-electron chi connectivity index (χ1n) is 11.9. The molecule has 4 aromatic rings. The molecule has 8 heteroatoms. The third kappa shape index (κ3) is 3.99. The molecule has 0 bridgehead atoms. The van der Waals surface area contributed by atoms with E-state index in [4.69, 9.17) is 0 Å². The van der Waals surface area contributed by atoms with Crippen LogP contribution in [0.5, 0.6) is 0 Å². The van der Waals surface area contributed by atoms with Crippen LogP contribution >= 0.6 is 0 Å². The second kappa shape index (κ2) is 8.88. The summed E-state index contributed by atoms with van der Waals surface area (Å²) >= 11 is 0. The third-order valence-electron chi connectivity index (χ3n) is 7.06. The average Bonchev–Trinajstić information content (AvgIpc) is 3.48. The number of aromatic amines is 1. The molecule has 8 nitrogen and oxygen atoms in total. The van der Waals surface area contributed by atoms with E-state index in [0.717, 1.165) is 36.1 Å². The first-order valence-corrected chi connectivity index (χ1v) is 11.9. The average molecular weight is 455 g/mol. The Morgan fingerprint density at radius 3 is 2.74 bits per heavy atom. The first-order chi connectivity index (χ1) is 16.7. The predicted molar refractivity (Wildman–Crippen MR) is 133 cm³/mol. The van der Waals surface area contributed by atoms with Gasteiger partial charge in [-0.2, -0.15) is 0 Å². The van der Waals surface area contributed by atoms with Crippen LogP contribution in [0, 0.1) is 5.92 Å². The second-order valence-electron chi connectivity index (χ2n) is 9.68. The van der Waals surface area contributed by atoms with Gasteiger partial charge in [-0.25, -0.2) is 10.4 Å². The number of fused-ring (bicyclic) bond motifs is 2. The van der Waals surface area contributed by atoms with E-state index in [1.54, 1.807) is 0 Å². The van der Waals surface area contributed by atoms with Gasteiger partial charge in [-0.05, 0) is 73.1 Å². The molecule has 0 saturated carbocycles. The fraction of sp³-hybridized carbons (Fsp3) is 0.346. The van der Waals surface area contributed by atoms with E-state index in [-0.39, 0.29) is 12.1 Å². The summed E-state index contributed by atoms with van der Waals surface area (Å²) in [6.45, 7) is 1.81. The Morgan fingerprint density at radius 1 is 1.00 bits per heavy atom. The van der Waals surface area contributed by atoms with Crippen molar-refractivity contribution < 1.29 is 0 Å². The SMILES string of the molecule is CN(C)Cc1cncc(C2CC3C(CN2)NNC3c2cc3c(-c4ccncc4)ccnc3[nH]2)c1. The molecule has 0 amide bonds. The van der Waals surface area contributed by atoms with E-state index in [9.17, 15) is 0 Å². The molecular weight excluding hydrogens is 424 g/mol. The van der Waals surface area contributed by atoms with Crippen LogP contribution in [0.4, 0.5) is 0 Å². The van der Waals surface area contributed by atoms with Gasteiger partial charge in [0.25, 0.3) is 0 Å². The van der Waals surface area contributed by atoms with E-state index in [1.165, 1.54) is 22.4 Å². The lowest BCUT2D eigenvalue weighted by Gasteiger charge is -2.34. The topological polar surface area (TPSA) is 93.8 Å². The summed E-state index contributed by atoms with van der Waals surface area (Å²) in [5.41, 5.74) is 14.0. The molecule has 4 unspecified atom stereocenters. The van der Waals surface area contributed by atoms with Crippen molar-refractivity contribution in [3.8, 4) is 11.1 Å². The molecular formula is C26H30N8. The smallest absolute Gasteiger partial charge is 0.138 e. The summed E-state index contributed by atoms with van der Waals surface area (Å²) in [5.74, 6) is 0.446. The zero-order valence-corrected chi connectivity index (χ0v) is 19.5. The standard InChI is InChI=1S/C26H30N8/c1-34(2)15-16-9-18(13-28-12-16)22-11-21-24(14-30-22)32-33-25(21)23-10-20-19(5-8-29-26(20)31-23)17-3-6-27-7-4-17/h3-10,12-13,21-22,24-25,30,32-33H,11,14-15H2,1-2H3,(H,29,31). The minimum atomic E-state index is 0.187. The highest BCUT2D eigenvalue weighted by atomic mass is 15.4.